The number of hydrogen-bond acceptors (Lipinski definition) is 2. The molecule has 1 aromatic rings. The number of halogens is 2. The fourth-order valence-electron chi connectivity index (χ4n) is 2.58. The standard InChI is InChI=1S/C13H17Cl2NO/c1-16-5-4-11(10(7-16)8-17)9-2-3-12(14)13(15)6-9/h2-3,6,10-11,17H,4-5,7-8H2,1H3/t10-,11-/m1/s1. The van der Waals surface area contributed by atoms with Crippen molar-refractivity contribution in [1.82, 2.24) is 4.90 Å². The van der Waals surface area contributed by atoms with E-state index < -0.39 is 0 Å². The molecule has 1 aliphatic heterocycles. The van der Waals surface area contributed by atoms with Gasteiger partial charge in [-0.15, -0.1) is 0 Å². The molecule has 0 bridgehead atoms. The second-order valence-electron chi connectivity index (χ2n) is 4.77. The van der Waals surface area contributed by atoms with Crippen LogP contribution in [0.5, 0.6) is 0 Å². The van der Waals surface area contributed by atoms with Gasteiger partial charge in [0.2, 0.25) is 0 Å². The zero-order chi connectivity index (χ0) is 12.4. The Labute approximate surface area is 112 Å². The van der Waals surface area contributed by atoms with E-state index >= 15 is 0 Å². The summed E-state index contributed by atoms with van der Waals surface area (Å²) in [5.41, 5.74) is 1.19. The fraction of sp³-hybridized carbons (Fsp3) is 0.538. The lowest BCUT2D eigenvalue weighted by atomic mass is 9.81. The Kier molecular flexibility index (Phi) is 4.31. The highest BCUT2D eigenvalue weighted by atomic mass is 35.5. The van der Waals surface area contributed by atoms with Gasteiger partial charge in [0.1, 0.15) is 0 Å². The van der Waals surface area contributed by atoms with Crippen molar-refractivity contribution in [2.75, 3.05) is 26.7 Å². The van der Waals surface area contributed by atoms with E-state index in [0.29, 0.717) is 16.0 Å². The molecule has 0 spiro atoms. The maximum Gasteiger partial charge on any atom is 0.0595 e. The Morgan fingerprint density at radius 2 is 2.12 bits per heavy atom. The van der Waals surface area contributed by atoms with Gasteiger partial charge >= 0.3 is 0 Å². The van der Waals surface area contributed by atoms with E-state index in [2.05, 4.69) is 11.9 Å². The first-order valence-electron chi connectivity index (χ1n) is 5.86. The predicted octanol–water partition coefficient (Wildman–Crippen LogP) is 3.02. The maximum atomic E-state index is 9.48. The van der Waals surface area contributed by atoms with Gasteiger partial charge in [-0.25, -0.2) is 0 Å². The Morgan fingerprint density at radius 3 is 2.76 bits per heavy atom. The number of aliphatic hydroxyl groups excluding tert-OH is 1. The molecule has 94 valence electrons. The topological polar surface area (TPSA) is 23.5 Å². The van der Waals surface area contributed by atoms with Gasteiger partial charge in [0.15, 0.2) is 0 Å². The van der Waals surface area contributed by atoms with E-state index in [-0.39, 0.29) is 12.5 Å². The summed E-state index contributed by atoms with van der Waals surface area (Å²) in [6.07, 6.45) is 1.06. The second kappa shape index (κ2) is 5.57. The number of benzene rings is 1. The van der Waals surface area contributed by atoms with Gasteiger partial charge in [-0.1, -0.05) is 29.3 Å². The summed E-state index contributed by atoms with van der Waals surface area (Å²) in [6.45, 7) is 2.21. The molecule has 2 atom stereocenters. The first-order chi connectivity index (χ1) is 8.11. The molecule has 0 saturated carbocycles. The molecule has 1 heterocycles. The van der Waals surface area contributed by atoms with E-state index in [1.54, 1.807) is 0 Å². The summed E-state index contributed by atoms with van der Waals surface area (Å²) in [5.74, 6) is 0.664. The predicted molar refractivity (Wildman–Crippen MR) is 71.9 cm³/mol. The normalized spacial score (nSPS) is 26.1. The van der Waals surface area contributed by atoms with Crippen molar-refractivity contribution in [1.29, 1.82) is 0 Å². The molecule has 1 aromatic carbocycles. The van der Waals surface area contributed by atoms with Gasteiger partial charge in [0, 0.05) is 19.1 Å². The first-order valence-corrected chi connectivity index (χ1v) is 6.61. The van der Waals surface area contributed by atoms with E-state index in [4.69, 9.17) is 23.2 Å². The number of likely N-dealkylation sites (tertiary alicyclic amines) is 1. The number of rotatable bonds is 2. The van der Waals surface area contributed by atoms with Gasteiger partial charge in [0.25, 0.3) is 0 Å². The Bertz CT molecular complexity index is 397. The minimum absolute atomic E-state index is 0.218. The van der Waals surface area contributed by atoms with Crippen LogP contribution in [-0.2, 0) is 0 Å². The summed E-state index contributed by atoms with van der Waals surface area (Å²) >= 11 is 12.0. The highest BCUT2D eigenvalue weighted by molar-refractivity contribution is 6.42. The van der Waals surface area contributed by atoms with Gasteiger partial charge in [0.05, 0.1) is 10.0 Å². The van der Waals surface area contributed by atoms with Crippen molar-refractivity contribution in [2.24, 2.45) is 5.92 Å². The van der Waals surface area contributed by atoms with Crippen LogP contribution in [0, 0.1) is 5.92 Å². The van der Waals surface area contributed by atoms with Crippen LogP contribution in [0.15, 0.2) is 18.2 Å². The van der Waals surface area contributed by atoms with Crippen LogP contribution in [0.4, 0.5) is 0 Å². The van der Waals surface area contributed by atoms with Gasteiger partial charge in [-0.2, -0.15) is 0 Å². The Balaban J connectivity index is 2.22. The van der Waals surface area contributed by atoms with Crippen LogP contribution >= 0.6 is 23.2 Å². The zero-order valence-corrected chi connectivity index (χ0v) is 11.4. The molecule has 1 fully saturated rings. The van der Waals surface area contributed by atoms with E-state index in [9.17, 15) is 5.11 Å². The zero-order valence-electron chi connectivity index (χ0n) is 9.87. The second-order valence-corrected chi connectivity index (χ2v) is 5.59. The molecule has 0 aliphatic carbocycles. The van der Waals surface area contributed by atoms with Crippen molar-refractivity contribution in [3.63, 3.8) is 0 Å². The molecule has 0 amide bonds. The largest absolute Gasteiger partial charge is 0.396 e. The lowest BCUT2D eigenvalue weighted by Gasteiger charge is -2.36. The molecular weight excluding hydrogens is 257 g/mol. The maximum absolute atomic E-state index is 9.48. The molecule has 0 radical (unpaired) electrons. The summed E-state index contributed by atoms with van der Waals surface area (Å²) in [6, 6.07) is 5.79. The van der Waals surface area contributed by atoms with Gasteiger partial charge < -0.3 is 10.0 Å². The van der Waals surface area contributed by atoms with E-state index in [1.165, 1.54) is 5.56 Å². The fourth-order valence-corrected chi connectivity index (χ4v) is 2.89. The van der Waals surface area contributed by atoms with Crippen molar-refractivity contribution < 1.29 is 5.11 Å². The first kappa shape index (κ1) is 13.2. The highest BCUT2D eigenvalue weighted by Gasteiger charge is 2.28. The van der Waals surface area contributed by atoms with Crippen LogP contribution in [0.2, 0.25) is 10.0 Å². The average molecular weight is 274 g/mol. The summed E-state index contributed by atoms with van der Waals surface area (Å²) in [7, 11) is 2.09. The number of nitrogens with zero attached hydrogens (tertiary/aromatic N) is 1. The molecule has 1 aliphatic rings. The van der Waals surface area contributed by atoms with Crippen molar-refractivity contribution in [2.45, 2.75) is 12.3 Å². The minimum atomic E-state index is 0.218. The third kappa shape index (κ3) is 2.94. The van der Waals surface area contributed by atoms with Gasteiger partial charge in [-0.05, 0) is 43.6 Å². The third-order valence-corrected chi connectivity index (χ3v) is 4.28. The van der Waals surface area contributed by atoms with Crippen LogP contribution < -0.4 is 0 Å². The number of piperidine rings is 1. The van der Waals surface area contributed by atoms with Crippen molar-refractivity contribution in [3.05, 3.63) is 33.8 Å². The van der Waals surface area contributed by atoms with Crippen LogP contribution in [0.3, 0.4) is 0 Å². The molecule has 0 unspecified atom stereocenters. The molecule has 2 nitrogen and oxygen atoms in total. The summed E-state index contributed by atoms with van der Waals surface area (Å²) in [5, 5.41) is 10.7. The average Bonchev–Trinajstić information content (AvgIpc) is 2.32. The van der Waals surface area contributed by atoms with E-state index in [0.717, 1.165) is 19.5 Å². The van der Waals surface area contributed by atoms with Crippen molar-refractivity contribution in [3.8, 4) is 0 Å². The molecule has 17 heavy (non-hydrogen) atoms. The molecule has 0 aromatic heterocycles. The van der Waals surface area contributed by atoms with Crippen molar-refractivity contribution >= 4 is 23.2 Å². The monoisotopic (exact) mass is 273 g/mol. The number of hydrogen-bond donors (Lipinski definition) is 1. The molecule has 2 rings (SSSR count). The molecule has 4 heteroatoms. The highest BCUT2D eigenvalue weighted by Crippen LogP contribution is 2.35. The van der Waals surface area contributed by atoms with Crippen LogP contribution in [0.25, 0.3) is 0 Å². The van der Waals surface area contributed by atoms with Gasteiger partial charge in [-0.3, -0.25) is 0 Å². The SMILES string of the molecule is CN1CC[C@H](c2ccc(Cl)c(Cl)c2)[C@@H](CO)C1. The summed E-state index contributed by atoms with van der Waals surface area (Å²) in [4.78, 5) is 2.26. The number of aliphatic hydroxyl groups is 1. The Morgan fingerprint density at radius 1 is 1.35 bits per heavy atom. The summed E-state index contributed by atoms with van der Waals surface area (Å²) < 4.78 is 0. The quantitative estimate of drug-likeness (QED) is 0.896. The lowest BCUT2D eigenvalue weighted by molar-refractivity contribution is 0.118. The third-order valence-electron chi connectivity index (χ3n) is 3.54. The molecular formula is C13H17Cl2NO. The van der Waals surface area contributed by atoms with E-state index in [1.807, 2.05) is 18.2 Å². The lowest BCUT2D eigenvalue weighted by Crippen LogP contribution is -2.38. The molecule has 1 N–H and O–H groups in total. The molecule has 1 saturated heterocycles. The Hall–Kier alpha value is -0.280. The van der Waals surface area contributed by atoms with Crippen LogP contribution in [-0.4, -0.2) is 36.8 Å². The smallest absolute Gasteiger partial charge is 0.0595 e. The van der Waals surface area contributed by atoms with Crippen LogP contribution in [0.1, 0.15) is 17.9 Å². The minimum Gasteiger partial charge on any atom is -0.396 e.